The molecule has 2 aromatic carbocycles. The Labute approximate surface area is 232 Å². The SMILES string of the molecule is Cc1nc(C)c(C#N)c(-c2ccccc2OCCOc2ccccc2-c2c(C#N)c(C)nc(C)c2C#N)c1C#N. The lowest BCUT2D eigenvalue weighted by Crippen LogP contribution is -2.11. The molecule has 0 unspecified atom stereocenters. The lowest BCUT2D eigenvalue weighted by Gasteiger charge is -2.17. The van der Waals surface area contributed by atoms with E-state index in [2.05, 4.69) is 34.2 Å². The van der Waals surface area contributed by atoms with Gasteiger partial charge in [0, 0.05) is 22.3 Å². The topological polar surface area (TPSA) is 139 Å². The number of ether oxygens (including phenoxy) is 2. The Morgan fingerprint density at radius 2 is 0.825 bits per heavy atom. The van der Waals surface area contributed by atoms with E-state index in [0.717, 1.165) is 0 Å². The number of pyridine rings is 2. The zero-order valence-corrected chi connectivity index (χ0v) is 22.5. The Kier molecular flexibility index (Phi) is 8.05. The van der Waals surface area contributed by atoms with Gasteiger partial charge in [-0.3, -0.25) is 9.97 Å². The summed E-state index contributed by atoms with van der Waals surface area (Å²) in [7, 11) is 0. The smallest absolute Gasteiger partial charge is 0.127 e. The number of aryl methyl sites for hydroxylation is 4. The Balaban J connectivity index is 1.63. The lowest BCUT2D eigenvalue weighted by molar-refractivity contribution is 0.218. The first-order valence-electron chi connectivity index (χ1n) is 12.4. The highest BCUT2D eigenvalue weighted by atomic mass is 16.5. The first kappa shape index (κ1) is 27.3. The Bertz CT molecular complexity index is 1590. The van der Waals surface area contributed by atoms with E-state index in [1.807, 2.05) is 36.4 Å². The molecule has 8 heteroatoms. The molecular formula is C32H24N6O2. The predicted octanol–water partition coefficient (Wildman–Crippen LogP) is 5.99. The molecule has 194 valence electrons. The third-order valence-corrected chi connectivity index (χ3v) is 6.48. The molecule has 0 amide bonds. The van der Waals surface area contributed by atoms with Crippen molar-refractivity contribution in [3.8, 4) is 58.0 Å². The van der Waals surface area contributed by atoms with Crippen molar-refractivity contribution in [2.24, 2.45) is 0 Å². The minimum Gasteiger partial charge on any atom is -0.489 e. The molecule has 0 spiro atoms. The minimum atomic E-state index is 0.156. The van der Waals surface area contributed by atoms with Gasteiger partial charge in [-0.15, -0.1) is 0 Å². The van der Waals surface area contributed by atoms with Gasteiger partial charge in [0.1, 0.15) is 49.0 Å². The van der Waals surface area contributed by atoms with Gasteiger partial charge in [-0.05, 0) is 39.8 Å². The van der Waals surface area contributed by atoms with Gasteiger partial charge in [-0.2, -0.15) is 21.0 Å². The van der Waals surface area contributed by atoms with E-state index in [-0.39, 0.29) is 13.2 Å². The van der Waals surface area contributed by atoms with Crippen LogP contribution in [0.15, 0.2) is 48.5 Å². The normalized spacial score (nSPS) is 10.1. The molecule has 0 N–H and O–H groups in total. The molecule has 0 aliphatic carbocycles. The quantitative estimate of drug-likeness (QED) is 0.269. The number of para-hydroxylation sites is 2. The number of hydrogen-bond donors (Lipinski definition) is 0. The number of aromatic nitrogens is 2. The number of hydrogen-bond acceptors (Lipinski definition) is 8. The maximum atomic E-state index is 9.83. The molecule has 0 fully saturated rings. The van der Waals surface area contributed by atoms with Crippen LogP contribution >= 0.6 is 0 Å². The maximum absolute atomic E-state index is 9.83. The van der Waals surface area contributed by atoms with E-state index in [1.165, 1.54) is 0 Å². The third-order valence-electron chi connectivity index (χ3n) is 6.48. The van der Waals surface area contributed by atoms with Crippen molar-refractivity contribution in [3.05, 3.63) is 93.6 Å². The molecule has 0 aliphatic rings. The van der Waals surface area contributed by atoms with Crippen molar-refractivity contribution >= 4 is 0 Å². The zero-order valence-electron chi connectivity index (χ0n) is 22.5. The van der Waals surface area contributed by atoms with Crippen molar-refractivity contribution in [1.82, 2.24) is 9.97 Å². The molecule has 8 nitrogen and oxygen atoms in total. The average molecular weight is 525 g/mol. The van der Waals surface area contributed by atoms with Crippen LogP contribution in [0, 0.1) is 73.0 Å². The molecule has 0 saturated heterocycles. The van der Waals surface area contributed by atoms with Gasteiger partial charge in [0.15, 0.2) is 0 Å². The minimum absolute atomic E-state index is 0.156. The van der Waals surface area contributed by atoms with Crippen LogP contribution in [0.5, 0.6) is 11.5 Å². The second-order valence-electron chi connectivity index (χ2n) is 8.95. The fourth-order valence-corrected chi connectivity index (χ4v) is 4.69. The highest BCUT2D eigenvalue weighted by Gasteiger charge is 2.22. The van der Waals surface area contributed by atoms with Crippen LogP contribution in [0.25, 0.3) is 22.3 Å². The standard InChI is InChI=1S/C32H24N6O2/c1-19-25(15-33)31(26(16-34)20(2)37-19)23-9-5-7-11-29(23)39-13-14-40-30-12-8-6-10-24(30)32-27(17-35)21(3)38-22(4)28(32)18-36/h5-12H,13-14H2,1-4H3. The van der Waals surface area contributed by atoms with Crippen LogP contribution in [-0.4, -0.2) is 23.2 Å². The first-order chi connectivity index (χ1) is 19.4. The molecule has 2 heterocycles. The summed E-state index contributed by atoms with van der Waals surface area (Å²) >= 11 is 0. The van der Waals surface area contributed by atoms with Crippen molar-refractivity contribution in [1.29, 1.82) is 21.0 Å². The van der Waals surface area contributed by atoms with E-state index in [9.17, 15) is 21.0 Å². The molecule has 0 radical (unpaired) electrons. The molecule has 2 aromatic heterocycles. The highest BCUT2D eigenvalue weighted by molar-refractivity contribution is 5.83. The molecule has 40 heavy (non-hydrogen) atoms. The fourth-order valence-electron chi connectivity index (χ4n) is 4.69. The van der Waals surface area contributed by atoms with Crippen molar-refractivity contribution < 1.29 is 9.47 Å². The number of rotatable bonds is 7. The van der Waals surface area contributed by atoms with Crippen LogP contribution in [0.1, 0.15) is 45.0 Å². The molecule has 0 saturated carbocycles. The van der Waals surface area contributed by atoms with Gasteiger partial charge >= 0.3 is 0 Å². The van der Waals surface area contributed by atoms with Gasteiger partial charge in [-0.25, -0.2) is 0 Å². The van der Waals surface area contributed by atoms with Crippen LogP contribution in [0.4, 0.5) is 0 Å². The summed E-state index contributed by atoms with van der Waals surface area (Å²) in [6, 6.07) is 23.2. The van der Waals surface area contributed by atoms with Gasteiger partial charge in [0.05, 0.1) is 45.0 Å². The second-order valence-corrected chi connectivity index (χ2v) is 8.95. The van der Waals surface area contributed by atoms with Crippen LogP contribution in [0.3, 0.4) is 0 Å². The molecule has 0 aliphatic heterocycles. The Morgan fingerprint density at radius 3 is 1.12 bits per heavy atom. The lowest BCUT2D eigenvalue weighted by atomic mass is 9.93. The average Bonchev–Trinajstić information content (AvgIpc) is 2.95. The summed E-state index contributed by atoms with van der Waals surface area (Å²) in [4.78, 5) is 8.72. The summed E-state index contributed by atoms with van der Waals surface area (Å²) in [5.74, 6) is 0.993. The molecule has 4 aromatic rings. The largest absolute Gasteiger partial charge is 0.489 e. The molecule has 0 atom stereocenters. The van der Waals surface area contributed by atoms with E-state index >= 15 is 0 Å². The highest BCUT2D eigenvalue weighted by Crippen LogP contribution is 2.38. The van der Waals surface area contributed by atoms with E-state index < -0.39 is 0 Å². The van der Waals surface area contributed by atoms with Crippen LogP contribution < -0.4 is 9.47 Å². The third kappa shape index (κ3) is 5.03. The second kappa shape index (κ2) is 11.8. The Hall–Kier alpha value is -5.70. The fraction of sp³-hybridized carbons (Fsp3) is 0.188. The van der Waals surface area contributed by atoms with Crippen molar-refractivity contribution in [3.63, 3.8) is 0 Å². The first-order valence-corrected chi connectivity index (χ1v) is 12.4. The number of nitriles is 4. The Morgan fingerprint density at radius 1 is 0.525 bits per heavy atom. The van der Waals surface area contributed by atoms with E-state index in [0.29, 0.717) is 78.8 Å². The summed E-state index contributed by atoms with van der Waals surface area (Å²) in [6.07, 6.45) is 0. The van der Waals surface area contributed by atoms with Gasteiger partial charge < -0.3 is 9.47 Å². The molecule has 0 bridgehead atoms. The summed E-state index contributed by atoms with van der Waals surface area (Å²) in [5.41, 5.74) is 5.69. The van der Waals surface area contributed by atoms with E-state index in [4.69, 9.17) is 9.47 Å². The van der Waals surface area contributed by atoms with Crippen molar-refractivity contribution in [2.45, 2.75) is 27.7 Å². The van der Waals surface area contributed by atoms with Gasteiger partial charge in [0.2, 0.25) is 0 Å². The van der Waals surface area contributed by atoms with Gasteiger partial charge in [0.25, 0.3) is 0 Å². The molecule has 4 rings (SSSR count). The van der Waals surface area contributed by atoms with Crippen LogP contribution in [-0.2, 0) is 0 Å². The molecular weight excluding hydrogens is 500 g/mol. The summed E-state index contributed by atoms with van der Waals surface area (Å²) in [6.45, 7) is 7.28. The summed E-state index contributed by atoms with van der Waals surface area (Å²) < 4.78 is 12.2. The number of nitrogens with zero attached hydrogens (tertiary/aromatic N) is 6. The van der Waals surface area contributed by atoms with Gasteiger partial charge in [-0.1, -0.05) is 36.4 Å². The maximum Gasteiger partial charge on any atom is 0.127 e. The number of benzene rings is 2. The van der Waals surface area contributed by atoms with Crippen LogP contribution in [0.2, 0.25) is 0 Å². The monoisotopic (exact) mass is 524 g/mol. The van der Waals surface area contributed by atoms with Crippen molar-refractivity contribution in [2.75, 3.05) is 13.2 Å². The van der Waals surface area contributed by atoms with E-state index in [1.54, 1.807) is 39.8 Å². The zero-order chi connectivity index (χ0) is 28.8. The predicted molar refractivity (Wildman–Crippen MR) is 148 cm³/mol. The summed E-state index contributed by atoms with van der Waals surface area (Å²) in [5, 5.41) is 39.3.